The Kier molecular flexibility index (Phi) is 10.2. The second kappa shape index (κ2) is 12.4. The van der Waals surface area contributed by atoms with E-state index in [2.05, 4.69) is 21.4 Å². The largest absolute Gasteiger partial charge is 0.375 e. The van der Waals surface area contributed by atoms with Crippen LogP contribution in [-0.4, -0.2) is 55.5 Å². The number of carbonyl (C=O) groups excluding carboxylic acids is 1. The molecule has 0 aliphatic carbocycles. The number of hydrogen-bond acceptors (Lipinski definition) is 5. The lowest BCUT2D eigenvalue weighted by molar-refractivity contribution is -0.117. The third kappa shape index (κ3) is 6.63. The van der Waals surface area contributed by atoms with Gasteiger partial charge in [-0.05, 0) is 38.3 Å². The zero-order valence-corrected chi connectivity index (χ0v) is 21.8. The van der Waals surface area contributed by atoms with Crippen LogP contribution in [0.5, 0.6) is 0 Å². The van der Waals surface area contributed by atoms with Gasteiger partial charge < -0.3 is 19.9 Å². The molecule has 0 bridgehead atoms. The number of aryl methyl sites for hydroxylation is 1. The number of aliphatic imine (C=N–C) groups is 1. The van der Waals surface area contributed by atoms with E-state index in [0.29, 0.717) is 12.5 Å². The van der Waals surface area contributed by atoms with Crippen LogP contribution in [0.15, 0.2) is 34.6 Å². The van der Waals surface area contributed by atoms with Crippen molar-refractivity contribution in [1.29, 1.82) is 0 Å². The van der Waals surface area contributed by atoms with Crippen LogP contribution in [0.2, 0.25) is 0 Å². The number of nitrogens with zero attached hydrogens (tertiary/aromatic N) is 4. The summed E-state index contributed by atoms with van der Waals surface area (Å²) in [6.07, 6.45) is 1.99. The average molecular weight is 558 g/mol. The molecule has 9 heteroatoms. The molecule has 1 N–H and O–H groups in total. The van der Waals surface area contributed by atoms with E-state index in [1.54, 1.807) is 18.4 Å². The number of para-hydroxylation sites is 1. The van der Waals surface area contributed by atoms with Crippen LogP contribution in [0.25, 0.3) is 0 Å². The Balaban J connectivity index is 0.00000341. The number of aromatic nitrogens is 1. The van der Waals surface area contributed by atoms with Crippen LogP contribution < -0.4 is 10.2 Å². The third-order valence-corrected chi connectivity index (χ3v) is 6.20. The number of carbonyl (C=O) groups is 1. The number of anilines is 1. The number of nitrogens with one attached hydrogen (secondary N) is 1. The van der Waals surface area contributed by atoms with Gasteiger partial charge in [0.05, 0.1) is 12.2 Å². The quantitative estimate of drug-likeness (QED) is 0.318. The minimum Gasteiger partial charge on any atom is -0.375 e. The van der Waals surface area contributed by atoms with Crippen molar-refractivity contribution >= 4 is 52.9 Å². The van der Waals surface area contributed by atoms with E-state index >= 15 is 0 Å². The van der Waals surface area contributed by atoms with Crippen molar-refractivity contribution in [3.8, 4) is 0 Å². The monoisotopic (exact) mass is 557 g/mol. The molecule has 7 nitrogen and oxygen atoms in total. The molecule has 1 aromatic carbocycles. The fraction of sp³-hybridized carbons (Fsp3) is 0.500. The standard InChI is InChI=1S/C22H31N5O2S.HI/c1-5-23-22(26(3)14-18-15-30-21(25-18)16(2)29-4)24-13-20(28)27-12-8-10-17-9-6-7-11-19(17)27;/h6-7,9,11,15-16H,5,8,10,12-14H2,1-4H3,(H,23,24);1H. The SMILES string of the molecule is CCNC(=NCC(=O)N1CCCc2ccccc21)N(C)Cc1csc(C(C)OC)n1.I. The Bertz CT molecular complexity index is 888. The van der Waals surface area contributed by atoms with Crippen LogP contribution >= 0.6 is 35.3 Å². The first-order chi connectivity index (χ1) is 14.5. The highest BCUT2D eigenvalue weighted by atomic mass is 127. The molecule has 2 aromatic rings. The van der Waals surface area contributed by atoms with Gasteiger partial charge in [-0.1, -0.05) is 18.2 Å². The fourth-order valence-electron chi connectivity index (χ4n) is 3.49. The highest BCUT2D eigenvalue weighted by molar-refractivity contribution is 14.0. The first kappa shape index (κ1) is 25.5. The molecule has 31 heavy (non-hydrogen) atoms. The van der Waals surface area contributed by atoms with Crippen molar-refractivity contribution in [2.75, 3.05) is 38.7 Å². The molecule has 1 atom stereocenters. The lowest BCUT2D eigenvalue weighted by Crippen LogP contribution is -2.41. The van der Waals surface area contributed by atoms with Crippen molar-refractivity contribution in [2.45, 2.75) is 39.3 Å². The topological polar surface area (TPSA) is 70.1 Å². The van der Waals surface area contributed by atoms with E-state index in [0.717, 1.165) is 42.3 Å². The second-order valence-corrected chi connectivity index (χ2v) is 8.25. The van der Waals surface area contributed by atoms with Gasteiger partial charge in [-0.2, -0.15) is 0 Å². The van der Waals surface area contributed by atoms with Crippen molar-refractivity contribution in [1.82, 2.24) is 15.2 Å². The van der Waals surface area contributed by atoms with Crippen LogP contribution in [0.4, 0.5) is 5.69 Å². The van der Waals surface area contributed by atoms with E-state index in [1.165, 1.54) is 5.56 Å². The molecule has 1 unspecified atom stereocenters. The minimum atomic E-state index is -0.0130. The normalized spacial score (nSPS) is 14.5. The highest BCUT2D eigenvalue weighted by Gasteiger charge is 2.22. The summed E-state index contributed by atoms with van der Waals surface area (Å²) in [5.41, 5.74) is 3.21. The lowest BCUT2D eigenvalue weighted by atomic mass is 10.0. The summed E-state index contributed by atoms with van der Waals surface area (Å²) in [5.74, 6) is 0.723. The summed E-state index contributed by atoms with van der Waals surface area (Å²) in [7, 11) is 3.65. The van der Waals surface area contributed by atoms with Crippen LogP contribution in [0.1, 0.15) is 42.6 Å². The van der Waals surface area contributed by atoms with Crippen LogP contribution in [0.3, 0.4) is 0 Å². The van der Waals surface area contributed by atoms with Gasteiger partial charge in [-0.3, -0.25) is 4.79 Å². The van der Waals surface area contributed by atoms with Gasteiger partial charge in [-0.15, -0.1) is 35.3 Å². The number of methoxy groups -OCH3 is 1. The average Bonchev–Trinajstić information content (AvgIpc) is 3.23. The molecule has 1 amide bonds. The number of amides is 1. The molecular formula is C22H32IN5O2S. The molecule has 0 saturated heterocycles. The maximum atomic E-state index is 12.9. The van der Waals surface area contributed by atoms with E-state index in [4.69, 9.17) is 4.74 Å². The number of thiazole rings is 1. The van der Waals surface area contributed by atoms with Crippen molar-refractivity contribution in [3.63, 3.8) is 0 Å². The molecule has 0 saturated carbocycles. The van der Waals surface area contributed by atoms with Gasteiger partial charge in [0.25, 0.3) is 0 Å². The van der Waals surface area contributed by atoms with E-state index in [1.807, 2.05) is 54.3 Å². The van der Waals surface area contributed by atoms with Gasteiger partial charge in [-0.25, -0.2) is 9.98 Å². The maximum Gasteiger partial charge on any atom is 0.248 e. The number of fused-ring (bicyclic) bond motifs is 1. The van der Waals surface area contributed by atoms with Gasteiger partial charge in [0, 0.05) is 38.3 Å². The number of hydrogen-bond donors (Lipinski definition) is 1. The molecule has 0 fully saturated rings. The summed E-state index contributed by atoms with van der Waals surface area (Å²) in [6.45, 7) is 6.21. The molecule has 1 aliphatic rings. The van der Waals surface area contributed by atoms with Crippen LogP contribution in [0, 0.1) is 0 Å². The maximum absolute atomic E-state index is 12.9. The molecule has 1 aromatic heterocycles. The van der Waals surface area contributed by atoms with Gasteiger partial charge in [0.15, 0.2) is 5.96 Å². The Morgan fingerprint density at radius 2 is 2.19 bits per heavy atom. The van der Waals surface area contributed by atoms with Crippen molar-refractivity contribution in [3.05, 3.63) is 45.9 Å². The molecular weight excluding hydrogens is 525 g/mol. The van der Waals surface area contributed by atoms with Crippen molar-refractivity contribution in [2.24, 2.45) is 4.99 Å². The Labute approximate surface area is 205 Å². The highest BCUT2D eigenvalue weighted by Crippen LogP contribution is 2.26. The minimum absolute atomic E-state index is 0. The lowest BCUT2D eigenvalue weighted by Gasteiger charge is -2.29. The Hall–Kier alpha value is -1.72. The smallest absolute Gasteiger partial charge is 0.248 e. The van der Waals surface area contributed by atoms with Gasteiger partial charge >= 0.3 is 0 Å². The zero-order chi connectivity index (χ0) is 21.5. The summed E-state index contributed by atoms with van der Waals surface area (Å²) in [6, 6.07) is 8.13. The number of ether oxygens (including phenoxy) is 1. The van der Waals surface area contributed by atoms with Gasteiger partial charge in [0.2, 0.25) is 5.91 Å². The zero-order valence-electron chi connectivity index (χ0n) is 18.6. The number of halogens is 1. The first-order valence-electron chi connectivity index (χ1n) is 10.4. The third-order valence-electron chi connectivity index (χ3n) is 5.14. The molecule has 0 spiro atoms. The number of rotatable bonds is 7. The van der Waals surface area contributed by atoms with Crippen LogP contribution in [-0.2, 0) is 22.5 Å². The summed E-state index contributed by atoms with van der Waals surface area (Å²) < 4.78 is 5.34. The predicted octanol–water partition coefficient (Wildman–Crippen LogP) is 3.85. The summed E-state index contributed by atoms with van der Waals surface area (Å²) in [5, 5.41) is 6.28. The second-order valence-electron chi connectivity index (χ2n) is 7.36. The molecule has 3 rings (SSSR count). The number of guanidine groups is 1. The Morgan fingerprint density at radius 1 is 1.42 bits per heavy atom. The fourth-order valence-corrected chi connectivity index (χ4v) is 4.33. The summed E-state index contributed by atoms with van der Waals surface area (Å²) >= 11 is 1.60. The number of benzene rings is 1. The van der Waals surface area contributed by atoms with E-state index in [9.17, 15) is 4.79 Å². The van der Waals surface area contributed by atoms with Crippen molar-refractivity contribution < 1.29 is 9.53 Å². The Morgan fingerprint density at radius 3 is 2.94 bits per heavy atom. The molecule has 2 heterocycles. The summed E-state index contributed by atoms with van der Waals surface area (Å²) in [4.78, 5) is 26.0. The molecule has 0 radical (unpaired) electrons. The predicted molar refractivity (Wildman–Crippen MR) is 138 cm³/mol. The van der Waals surface area contributed by atoms with E-state index in [-0.39, 0.29) is 42.5 Å². The molecule has 170 valence electrons. The van der Waals surface area contributed by atoms with Gasteiger partial charge in [0.1, 0.15) is 17.7 Å². The first-order valence-corrected chi connectivity index (χ1v) is 11.3. The molecule has 1 aliphatic heterocycles. The van der Waals surface area contributed by atoms with E-state index < -0.39 is 0 Å².